The van der Waals surface area contributed by atoms with Gasteiger partial charge in [-0.2, -0.15) is 0 Å². The lowest BCUT2D eigenvalue weighted by Gasteiger charge is -2.35. The van der Waals surface area contributed by atoms with Crippen molar-refractivity contribution in [2.75, 3.05) is 11.7 Å². The average Bonchev–Trinajstić information content (AvgIpc) is 3.64. The maximum atomic E-state index is 13.9. The zero-order valence-corrected chi connectivity index (χ0v) is 17.8. The fourth-order valence-corrected chi connectivity index (χ4v) is 5.70. The minimum Gasteiger partial charge on any atom is -0.461 e. The number of ether oxygens (including phenoxy) is 2. The Balaban J connectivity index is 1.37. The van der Waals surface area contributed by atoms with Gasteiger partial charge in [0.15, 0.2) is 17.3 Å². The summed E-state index contributed by atoms with van der Waals surface area (Å²) in [5.74, 6) is -1.41. The summed E-state index contributed by atoms with van der Waals surface area (Å²) in [6.45, 7) is 0.0891. The SMILES string of the molecule is O=C(c1ccco1)[C@@H]1[C@@H]2C(=O)N(c3ccc4c(c3)OCO4)C(=O)[C@@H]2[C@H]2c3ccccc3C=CN12. The summed E-state index contributed by atoms with van der Waals surface area (Å²) in [5.41, 5.74) is 2.29. The molecule has 2 fully saturated rings. The third-order valence-electron chi connectivity index (χ3n) is 7.11. The molecule has 2 aromatic carbocycles. The lowest BCUT2D eigenvalue weighted by Crippen LogP contribution is -2.44. The van der Waals surface area contributed by atoms with Crippen LogP contribution in [0.15, 0.2) is 71.5 Å². The van der Waals surface area contributed by atoms with E-state index in [1.807, 2.05) is 41.4 Å². The van der Waals surface area contributed by atoms with E-state index in [-0.39, 0.29) is 24.2 Å². The van der Waals surface area contributed by atoms with E-state index < -0.39 is 29.8 Å². The van der Waals surface area contributed by atoms with Gasteiger partial charge in [-0.1, -0.05) is 24.3 Å². The standard InChI is InChI=1S/C26H18N2O6/c29-24(18-6-3-11-32-18)23-21-20(22-16-5-2-1-4-14(16)9-10-27(22)23)25(30)28(26(21)31)15-7-8-17-19(12-15)34-13-33-17/h1-12,20-23H,13H2/t20-,21+,22+,23-/m0/s1. The van der Waals surface area contributed by atoms with Crippen molar-refractivity contribution < 1.29 is 28.3 Å². The first-order chi connectivity index (χ1) is 16.6. The first-order valence-electron chi connectivity index (χ1n) is 11.0. The van der Waals surface area contributed by atoms with E-state index in [0.717, 1.165) is 11.1 Å². The Bertz CT molecular complexity index is 1390. The molecule has 0 bridgehead atoms. The lowest BCUT2D eigenvalue weighted by molar-refractivity contribution is -0.123. The molecule has 34 heavy (non-hydrogen) atoms. The van der Waals surface area contributed by atoms with Crippen molar-refractivity contribution in [2.24, 2.45) is 11.8 Å². The number of Topliss-reactive ketones (excluding diaryl/α,β-unsaturated/α-hetero) is 1. The second-order valence-electron chi connectivity index (χ2n) is 8.72. The van der Waals surface area contributed by atoms with Crippen molar-refractivity contribution in [3.8, 4) is 11.5 Å². The van der Waals surface area contributed by atoms with Crippen molar-refractivity contribution in [3.05, 3.63) is 83.9 Å². The highest BCUT2D eigenvalue weighted by Gasteiger charge is 2.64. The number of benzene rings is 2. The number of amides is 2. The van der Waals surface area contributed by atoms with Gasteiger partial charge in [0.1, 0.15) is 6.04 Å². The van der Waals surface area contributed by atoms with Gasteiger partial charge in [-0.15, -0.1) is 0 Å². The zero-order valence-electron chi connectivity index (χ0n) is 17.8. The highest BCUT2D eigenvalue weighted by atomic mass is 16.7. The number of nitrogens with zero attached hydrogens (tertiary/aromatic N) is 2. The molecule has 2 saturated heterocycles. The zero-order chi connectivity index (χ0) is 23.0. The number of carbonyl (C=O) groups is 3. The number of carbonyl (C=O) groups excluding carboxylic acids is 3. The topological polar surface area (TPSA) is 89.3 Å². The average molecular weight is 454 g/mol. The van der Waals surface area contributed by atoms with Crippen molar-refractivity contribution in [1.29, 1.82) is 0 Å². The van der Waals surface area contributed by atoms with Crippen LogP contribution in [-0.4, -0.2) is 35.3 Å². The minimum atomic E-state index is -0.860. The van der Waals surface area contributed by atoms with Crippen LogP contribution < -0.4 is 14.4 Å². The molecule has 0 unspecified atom stereocenters. The molecule has 5 heterocycles. The van der Waals surface area contributed by atoms with Crippen molar-refractivity contribution >= 4 is 29.4 Å². The molecular formula is C26H18N2O6. The molecule has 1 aromatic heterocycles. The number of rotatable bonds is 3. The molecule has 8 heteroatoms. The fraction of sp³-hybridized carbons (Fsp3) is 0.192. The third-order valence-corrected chi connectivity index (χ3v) is 7.11. The maximum Gasteiger partial charge on any atom is 0.240 e. The van der Waals surface area contributed by atoms with E-state index in [1.54, 1.807) is 30.3 Å². The molecule has 0 N–H and O–H groups in total. The van der Waals surface area contributed by atoms with Crippen LogP contribution in [0.5, 0.6) is 11.5 Å². The Morgan fingerprint density at radius 2 is 1.74 bits per heavy atom. The van der Waals surface area contributed by atoms with Crippen LogP contribution in [0.25, 0.3) is 6.08 Å². The molecule has 8 nitrogen and oxygen atoms in total. The lowest BCUT2D eigenvalue weighted by atomic mass is 9.84. The molecule has 0 radical (unpaired) electrons. The van der Waals surface area contributed by atoms with Gasteiger partial charge in [0.05, 0.1) is 29.8 Å². The van der Waals surface area contributed by atoms with Crippen LogP contribution in [0.3, 0.4) is 0 Å². The maximum absolute atomic E-state index is 13.9. The third kappa shape index (κ3) is 2.45. The van der Waals surface area contributed by atoms with Gasteiger partial charge < -0.3 is 18.8 Å². The van der Waals surface area contributed by atoms with Crippen molar-refractivity contribution in [3.63, 3.8) is 0 Å². The summed E-state index contributed by atoms with van der Waals surface area (Å²) in [6, 6.07) is 14.7. The Labute approximate surface area is 194 Å². The van der Waals surface area contributed by atoms with E-state index in [9.17, 15) is 14.4 Å². The van der Waals surface area contributed by atoms with Crippen LogP contribution in [0.1, 0.15) is 27.7 Å². The van der Waals surface area contributed by atoms with E-state index in [2.05, 4.69) is 0 Å². The molecule has 4 atom stereocenters. The first kappa shape index (κ1) is 19.2. The highest BCUT2D eigenvalue weighted by Crippen LogP contribution is 2.54. The Morgan fingerprint density at radius 3 is 2.59 bits per heavy atom. The smallest absolute Gasteiger partial charge is 0.240 e. The van der Waals surface area contributed by atoms with Crippen LogP contribution in [0.2, 0.25) is 0 Å². The molecule has 0 aliphatic carbocycles. The largest absolute Gasteiger partial charge is 0.461 e. The number of ketones is 1. The quantitative estimate of drug-likeness (QED) is 0.443. The summed E-state index contributed by atoms with van der Waals surface area (Å²) in [4.78, 5) is 44.3. The minimum absolute atomic E-state index is 0.0891. The van der Waals surface area contributed by atoms with E-state index in [0.29, 0.717) is 17.2 Å². The molecule has 4 aliphatic rings. The van der Waals surface area contributed by atoms with Gasteiger partial charge in [-0.05, 0) is 41.5 Å². The predicted octanol–water partition coefficient (Wildman–Crippen LogP) is 3.41. The summed E-state index contributed by atoms with van der Waals surface area (Å²) < 4.78 is 16.2. The second-order valence-corrected chi connectivity index (χ2v) is 8.72. The molecule has 2 amide bonds. The van der Waals surface area contributed by atoms with Gasteiger partial charge in [0.2, 0.25) is 24.4 Å². The van der Waals surface area contributed by atoms with Gasteiger partial charge in [0.25, 0.3) is 0 Å². The number of imide groups is 1. The fourth-order valence-electron chi connectivity index (χ4n) is 5.70. The Hall–Kier alpha value is -4.33. The van der Waals surface area contributed by atoms with Crippen molar-refractivity contribution in [2.45, 2.75) is 12.1 Å². The van der Waals surface area contributed by atoms with Gasteiger partial charge in [0, 0.05) is 12.3 Å². The first-order valence-corrected chi connectivity index (χ1v) is 11.0. The molecule has 7 rings (SSSR count). The Kier molecular flexibility index (Phi) is 3.85. The molecular weight excluding hydrogens is 436 g/mol. The van der Waals surface area contributed by atoms with Crippen LogP contribution in [-0.2, 0) is 9.59 Å². The Morgan fingerprint density at radius 1 is 0.912 bits per heavy atom. The molecule has 0 saturated carbocycles. The normalized spacial score (nSPS) is 26.0. The summed E-state index contributed by atoms with van der Waals surface area (Å²) in [5, 5.41) is 0. The van der Waals surface area contributed by atoms with Gasteiger partial charge in [-0.25, -0.2) is 4.90 Å². The van der Waals surface area contributed by atoms with E-state index in [4.69, 9.17) is 13.9 Å². The molecule has 168 valence electrons. The predicted molar refractivity (Wildman–Crippen MR) is 119 cm³/mol. The van der Waals surface area contributed by atoms with Crippen molar-refractivity contribution in [1.82, 2.24) is 4.90 Å². The van der Waals surface area contributed by atoms with Crippen LogP contribution >= 0.6 is 0 Å². The monoisotopic (exact) mass is 454 g/mol. The molecule has 3 aromatic rings. The highest BCUT2D eigenvalue weighted by molar-refractivity contribution is 6.24. The van der Waals surface area contributed by atoms with Crippen LogP contribution in [0, 0.1) is 11.8 Å². The number of furan rings is 1. The molecule has 0 spiro atoms. The summed E-state index contributed by atoms with van der Waals surface area (Å²) in [6.07, 6.45) is 5.17. The number of hydrogen-bond donors (Lipinski definition) is 0. The molecule has 4 aliphatic heterocycles. The van der Waals surface area contributed by atoms with E-state index in [1.165, 1.54) is 11.2 Å². The summed E-state index contributed by atoms with van der Waals surface area (Å²) in [7, 11) is 0. The number of hydrogen-bond acceptors (Lipinski definition) is 7. The second kappa shape index (κ2) is 6.84. The number of fused-ring (bicyclic) bond motifs is 6. The van der Waals surface area contributed by atoms with Gasteiger partial charge >= 0.3 is 0 Å². The number of anilines is 1. The van der Waals surface area contributed by atoms with E-state index >= 15 is 0 Å². The van der Waals surface area contributed by atoms with Crippen LogP contribution in [0.4, 0.5) is 5.69 Å². The van der Waals surface area contributed by atoms with Gasteiger partial charge in [-0.3, -0.25) is 14.4 Å². The summed E-state index contributed by atoms with van der Waals surface area (Å²) >= 11 is 0.